The fourth-order valence-electron chi connectivity index (χ4n) is 3.41. The van der Waals surface area contributed by atoms with Crippen molar-refractivity contribution in [3.63, 3.8) is 0 Å². The van der Waals surface area contributed by atoms with Gasteiger partial charge in [-0.25, -0.2) is 4.79 Å². The highest BCUT2D eigenvalue weighted by Gasteiger charge is 2.27. The summed E-state index contributed by atoms with van der Waals surface area (Å²) in [6.45, 7) is 12.6. The van der Waals surface area contributed by atoms with E-state index in [2.05, 4.69) is 31.4 Å². The Labute approximate surface area is 203 Å². The zero-order chi connectivity index (χ0) is 24.9. The fourth-order valence-corrected chi connectivity index (χ4v) is 3.63. The Morgan fingerprint density at radius 3 is 2.21 bits per heavy atom. The molecule has 2 aromatic rings. The van der Waals surface area contributed by atoms with Crippen LogP contribution in [0.25, 0.3) is 0 Å². The molecule has 3 amide bonds. The topological polar surface area (TPSA) is 64.7 Å². The molecule has 2 aromatic carbocycles. The van der Waals surface area contributed by atoms with Crippen molar-refractivity contribution in [1.82, 2.24) is 10.2 Å². The van der Waals surface area contributed by atoms with Crippen molar-refractivity contribution < 1.29 is 9.59 Å². The van der Waals surface area contributed by atoms with Gasteiger partial charge in [-0.05, 0) is 69.5 Å². The average molecular weight is 473 g/mol. The first-order valence-corrected chi connectivity index (χ1v) is 11.6. The van der Waals surface area contributed by atoms with E-state index in [1.807, 2.05) is 62.9 Å². The highest BCUT2D eigenvalue weighted by Crippen LogP contribution is 2.27. The molecule has 0 spiro atoms. The lowest BCUT2D eigenvalue weighted by molar-refractivity contribution is 0.102. The van der Waals surface area contributed by atoms with E-state index < -0.39 is 0 Å². The van der Waals surface area contributed by atoms with Crippen molar-refractivity contribution in [2.45, 2.75) is 59.7 Å². The molecule has 2 N–H and O–H groups in total. The highest BCUT2D eigenvalue weighted by atomic mass is 35.5. The van der Waals surface area contributed by atoms with E-state index in [0.29, 0.717) is 22.8 Å². The van der Waals surface area contributed by atoms with E-state index in [9.17, 15) is 9.59 Å². The largest absolute Gasteiger partial charge is 0.377 e. The average Bonchev–Trinajstić information content (AvgIpc) is 2.70. The first kappa shape index (κ1) is 26.5. The summed E-state index contributed by atoms with van der Waals surface area (Å²) in [7, 11) is 3.93. The zero-order valence-corrected chi connectivity index (χ0v) is 21.7. The van der Waals surface area contributed by atoms with Crippen LogP contribution in [0, 0.1) is 5.92 Å². The molecule has 0 unspecified atom stereocenters. The minimum absolute atomic E-state index is 0.0173. The van der Waals surface area contributed by atoms with Crippen LogP contribution in [-0.2, 0) is 6.54 Å². The van der Waals surface area contributed by atoms with Crippen molar-refractivity contribution in [3.8, 4) is 0 Å². The fraction of sp³-hybridized carbons (Fsp3) is 0.462. The number of hydrogen-bond acceptors (Lipinski definition) is 3. The van der Waals surface area contributed by atoms with Crippen LogP contribution in [0.4, 0.5) is 16.2 Å². The van der Waals surface area contributed by atoms with Gasteiger partial charge >= 0.3 is 6.03 Å². The van der Waals surface area contributed by atoms with Gasteiger partial charge in [-0.3, -0.25) is 4.79 Å². The molecule has 0 heterocycles. The van der Waals surface area contributed by atoms with E-state index in [-0.39, 0.29) is 29.4 Å². The molecule has 0 aromatic heterocycles. The number of carbonyl (C=O) groups excluding carboxylic acids is 2. The molecule has 0 radical (unpaired) electrons. The second kappa shape index (κ2) is 10.9. The third-order valence-electron chi connectivity index (χ3n) is 5.48. The van der Waals surface area contributed by atoms with Crippen LogP contribution in [-0.4, -0.2) is 42.5 Å². The standard InChI is InChI=1S/C26H37ClN4O2/c1-17(2)18(3)31(25(33)29-26(4,5)6)16-19-15-20(13-14-23(19)30(7)8)28-24(32)21-11-9-10-12-22(21)27/h9-15,17-18H,16H2,1-8H3,(H,28,32)(H,29,33)/t18-/m1/s1. The Morgan fingerprint density at radius 1 is 1.03 bits per heavy atom. The van der Waals surface area contributed by atoms with Crippen molar-refractivity contribution in [2.75, 3.05) is 24.3 Å². The van der Waals surface area contributed by atoms with E-state index in [1.54, 1.807) is 24.3 Å². The number of nitrogens with one attached hydrogen (secondary N) is 2. The summed E-state index contributed by atoms with van der Waals surface area (Å²) < 4.78 is 0. The number of amides is 3. The predicted octanol–water partition coefficient (Wildman–Crippen LogP) is 6.01. The van der Waals surface area contributed by atoms with E-state index in [0.717, 1.165) is 11.3 Å². The van der Waals surface area contributed by atoms with Crippen molar-refractivity contribution in [2.24, 2.45) is 5.92 Å². The molecule has 0 aliphatic rings. The van der Waals surface area contributed by atoms with Gasteiger partial charge in [0.25, 0.3) is 5.91 Å². The molecule has 0 saturated carbocycles. The van der Waals surface area contributed by atoms with Gasteiger partial charge in [-0.2, -0.15) is 0 Å². The minimum atomic E-state index is -0.346. The lowest BCUT2D eigenvalue weighted by Gasteiger charge is -2.35. The summed E-state index contributed by atoms with van der Waals surface area (Å²) in [6.07, 6.45) is 0. The number of anilines is 2. The van der Waals surface area contributed by atoms with Crippen LogP contribution in [0.1, 0.15) is 57.5 Å². The van der Waals surface area contributed by atoms with Gasteiger partial charge < -0.3 is 20.4 Å². The summed E-state index contributed by atoms with van der Waals surface area (Å²) in [5.41, 5.74) is 2.64. The number of urea groups is 1. The molecule has 0 aliphatic carbocycles. The van der Waals surface area contributed by atoms with E-state index in [1.165, 1.54) is 0 Å². The van der Waals surface area contributed by atoms with Crippen LogP contribution < -0.4 is 15.5 Å². The number of benzene rings is 2. The number of nitrogens with zero attached hydrogens (tertiary/aromatic N) is 2. The van der Waals surface area contributed by atoms with Gasteiger partial charge in [0.1, 0.15) is 0 Å². The molecule has 0 fully saturated rings. The second-order valence-electron chi connectivity index (χ2n) is 9.96. The summed E-state index contributed by atoms with van der Waals surface area (Å²) in [5.74, 6) is 0.00339. The summed E-state index contributed by atoms with van der Waals surface area (Å²) in [5, 5.41) is 6.42. The first-order valence-electron chi connectivity index (χ1n) is 11.2. The normalized spacial score (nSPS) is 12.3. The molecule has 0 aliphatic heterocycles. The highest BCUT2D eigenvalue weighted by molar-refractivity contribution is 6.34. The summed E-state index contributed by atoms with van der Waals surface area (Å²) in [4.78, 5) is 29.8. The van der Waals surface area contributed by atoms with E-state index in [4.69, 9.17) is 11.6 Å². The molecule has 33 heavy (non-hydrogen) atoms. The smallest absolute Gasteiger partial charge is 0.318 e. The maximum atomic E-state index is 13.2. The zero-order valence-electron chi connectivity index (χ0n) is 21.0. The molecule has 2 rings (SSSR count). The van der Waals surface area contributed by atoms with Crippen molar-refractivity contribution in [1.29, 1.82) is 0 Å². The molecule has 0 bridgehead atoms. The Balaban J connectivity index is 2.39. The van der Waals surface area contributed by atoms with Gasteiger partial charge in [0.2, 0.25) is 0 Å². The predicted molar refractivity (Wildman–Crippen MR) is 138 cm³/mol. The molecule has 7 heteroatoms. The van der Waals surface area contributed by atoms with Crippen LogP contribution >= 0.6 is 11.6 Å². The third-order valence-corrected chi connectivity index (χ3v) is 5.81. The lowest BCUT2D eigenvalue weighted by Crippen LogP contribution is -2.52. The number of hydrogen-bond donors (Lipinski definition) is 2. The minimum Gasteiger partial charge on any atom is -0.377 e. The van der Waals surface area contributed by atoms with Gasteiger partial charge in [-0.1, -0.05) is 37.6 Å². The van der Waals surface area contributed by atoms with E-state index >= 15 is 0 Å². The van der Waals surface area contributed by atoms with Crippen LogP contribution in [0.5, 0.6) is 0 Å². The Kier molecular flexibility index (Phi) is 8.78. The molecule has 180 valence electrons. The Morgan fingerprint density at radius 2 is 1.67 bits per heavy atom. The summed E-state index contributed by atoms with van der Waals surface area (Å²) in [6, 6.07) is 12.6. The van der Waals surface area contributed by atoms with Gasteiger partial charge in [0, 0.05) is 43.6 Å². The number of carbonyl (C=O) groups is 2. The van der Waals surface area contributed by atoms with Crippen molar-refractivity contribution >= 4 is 34.9 Å². The van der Waals surface area contributed by atoms with Crippen LogP contribution in [0.15, 0.2) is 42.5 Å². The molecule has 0 saturated heterocycles. The number of halogens is 1. The maximum absolute atomic E-state index is 13.2. The number of rotatable bonds is 7. The molecular formula is C26H37ClN4O2. The second-order valence-corrected chi connectivity index (χ2v) is 10.4. The molecule has 1 atom stereocenters. The van der Waals surface area contributed by atoms with Gasteiger partial charge in [0.15, 0.2) is 0 Å². The first-order chi connectivity index (χ1) is 15.3. The van der Waals surface area contributed by atoms with Crippen LogP contribution in [0.3, 0.4) is 0 Å². The monoisotopic (exact) mass is 472 g/mol. The third kappa shape index (κ3) is 7.39. The van der Waals surface area contributed by atoms with Gasteiger partial charge in [-0.15, -0.1) is 0 Å². The Hall–Kier alpha value is -2.73. The lowest BCUT2D eigenvalue weighted by atomic mass is 10.0. The maximum Gasteiger partial charge on any atom is 0.318 e. The quantitative estimate of drug-likeness (QED) is 0.518. The molecule has 6 nitrogen and oxygen atoms in total. The van der Waals surface area contributed by atoms with Crippen molar-refractivity contribution in [3.05, 3.63) is 58.6 Å². The Bertz CT molecular complexity index is 982. The SMILES string of the molecule is CC(C)[C@@H](C)N(Cc1cc(NC(=O)c2ccccc2Cl)ccc1N(C)C)C(=O)NC(C)(C)C. The van der Waals surface area contributed by atoms with Crippen LogP contribution in [0.2, 0.25) is 5.02 Å². The summed E-state index contributed by atoms with van der Waals surface area (Å²) >= 11 is 6.19. The van der Waals surface area contributed by atoms with Gasteiger partial charge in [0.05, 0.1) is 10.6 Å². The molecular weight excluding hydrogens is 436 g/mol.